The van der Waals surface area contributed by atoms with Crippen LogP contribution in [0.15, 0.2) is 48.0 Å². The minimum atomic E-state index is 0.871. The molecule has 0 spiro atoms. The van der Waals surface area contributed by atoms with Crippen LogP contribution in [-0.4, -0.2) is 11.5 Å². The van der Waals surface area contributed by atoms with E-state index in [2.05, 4.69) is 75.5 Å². The Morgan fingerprint density at radius 3 is 2.57 bits per heavy atom. The van der Waals surface area contributed by atoms with Gasteiger partial charge >= 0.3 is 0 Å². The summed E-state index contributed by atoms with van der Waals surface area (Å²) >= 11 is 0. The first-order valence-electron chi connectivity index (χ1n) is 8.30. The van der Waals surface area contributed by atoms with Gasteiger partial charge in [-0.2, -0.15) is 0 Å². The van der Waals surface area contributed by atoms with Crippen molar-refractivity contribution in [2.24, 2.45) is 0 Å². The van der Waals surface area contributed by atoms with Crippen LogP contribution < -0.4 is 5.32 Å². The number of allylic oxidation sites excluding steroid dienone is 3. The molecule has 0 saturated carbocycles. The van der Waals surface area contributed by atoms with Crippen molar-refractivity contribution in [3.05, 3.63) is 70.4 Å². The molecule has 23 heavy (non-hydrogen) atoms. The number of aromatic nitrogens is 1. The van der Waals surface area contributed by atoms with E-state index >= 15 is 0 Å². The Bertz CT molecular complexity index is 779. The van der Waals surface area contributed by atoms with Gasteiger partial charge in [-0.05, 0) is 56.0 Å². The lowest BCUT2D eigenvalue weighted by Crippen LogP contribution is -2.07. The Labute approximate surface area is 139 Å². The standard InChI is InChI=1S/C21H24N2/c1-5-22-21-18(13-17-15(4)11-12-19(17)23-21)20(14(2)3)16-9-7-6-8-10-16/h6-11,13H,5,12H2,1-4H3,(H,22,23). The number of nitrogens with one attached hydrogen (secondary N) is 1. The Hall–Kier alpha value is -2.35. The van der Waals surface area contributed by atoms with Crippen LogP contribution in [-0.2, 0) is 6.42 Å². The number of anilines is 1. The van der Waals surface area contributed by atoms with Crippen molar-refractivity contribution in [3.63, 3.8) is 0 Å². The number of fused-ring (bicyclic) bond motifs is 1. The molecular weight excluding hydrogens is 280 g/mol. The van der Waals surface area contributed by atoms with Crippen molar-refractivity contribution in [1.82, 2.24) is 4.98 Å². The lowest BCUT2D eigenvalue weighted by molar-refractivity contribution is 1.08. The predicted octanol–water partition coefficient (Wildman–Crippen LogP) is 5.31. The van der Waals surface area contributed by atoms with E-state index in [1.54, 1.807) is 0 Å². The highest BCUT2D eigenvalue weighted by molar-refractivity contribution is 5.88. The highest BCUT2D eigenvalue weighted by Crippen LogP contribution is 2.36. The van der Waals surface area contributed by atoms with Crippen LogP contribution in [0, 0.1) is 0 Å². The Morgan fingerprint density at radius 2 is 1.91 bits per heavy atom. The molecule has 2 aromatic rings. The second-order valence-electron chi connectivity index (χ2n) is 6.24. The minimum Gasteiger partial charge on any atom is -0.370 e. The summed E-state index contributed by atoms with van der Waals surface area (Å²) in [5.41, 5.74) is 8.82. The highest BCUT2D eigenvalue weighted by Gasteiger charge is 2.19. The SMILES string of the molecule is CCNc1nc2c(cc1C(=C(C)C)c1ccccc1)C(C)=CC2. The summed E-state index contributed by atoms with van der Waals surface area (Å²) in [6.45, 7) is 9.51. The number of nitrogens with zero attached hydrogens (tertiary/aromatic N) is 1. The lowest BCUT2D eigenvalue weighted by atomic mass is 9.92. The largest absolute Gasteiger partial charge is 0.370 e. The molecule has 0 saturated heterocycles. The molecule has 2 nitrogen and oxygen atoms in total. The Balaban J connectivity index is 2.22. The fourth-order valence-electron chi connectivity index (χ4n) is 3.22. The Kier molecular flexibility index (Phi) is 4.33. The van der Waals surface area contributed by atoms with Crippen molar-refractivity contribution in [3.8, 4) is 0 Å². The monoisotopic (exact) mass is 304 g/mol. The highest BCUT2D eigenvalue weighted by atomic mass is 15.0. The van der Waals surface area contributed by atoms with Gasteiger partial charge in [0, 0.05) is 18.5 Å². The fraction of sp³-hybridized carbons (Fsp3) is 0.286. The average molecular weight is 304 g/mol. The zero-order valence-electron chi connectivity index (χ0n) is 14.4. The molecule has 1 aliphatic rings. The van der Waals surface area contributed by atoms with Gasteiger partial charge in [-0.15, -0.1) is 0 Å². The minimum absolute atomic E-state index is 0.871. The molecule has 1 aliphatic carbocycles. The van der Waals surface area contributed by atoms with Crippen LogP contribution >= 0.6 is 0 Å². The van der Waals surface area contributed by atoms with Crippen molar-refractivity contribution in [2.75, 3.05) is 11.9 Å². The van der Waals surface area contributed by atoms with Crippen molar-refractivity contribution >= 4 is 17.0 Å². The van der Waals surface area contributed by atoms with Gasteiger partial charge in [0.05, 0.1) is 5.69 Å². The predicted molar refractivity (Wildman–Crippen MR) is 99.6 cm³/mol. The van der Waals surface area contributed by atoms with E-state index in [1.165, 1.54) is 39.1 Å². The van der Waals surface area contributed by atoms with Crippen molar-refractivity contribution < 1.29 is 0 Å². The number of rotatable bonds is 4. The van der Waals surface area contributed by atoms with Crippen LogP contribution in [0.4, 0.5) is 5.82 Å². The zero-order valence-corrected chi connectivity index (χ0v) is 14.4. The lowest BCUT2D eigenvalue weighted by Gasteiger charge is -2.18. The number of hydrogen-bond acceptors (Lipinski definition) is 2. The molecule has 1 heterocycles. The summed E-state index contributed by atoms with van der Waals surface area (Å²) in [7, 11) is 0. The van der Waals surface area contributed by atoms with E-state index in [1.807, 2.05) is 0 Å². The van der Waals surface area contributed by atoms with Crippen molar-refractivity contribution in [1.29, 1.82) is 0 Å². The normalized spacial score (nSPS) is 12.6. The zero-order chi connectivity index (χ0) is 16.4. The van der Waals surface area contributed by atoms with Gasteiger partial charge in [-0.3, -0.25) is 0 Å². The van der Waals surface area contributed by atoms with Crippen LogP contribution in [0.3, 0.4) is 0 Å². The third kappa shape index (κ3) is 2.94. The number of benzene rings is 1. The maximum absolute atomic E-state index is 4.92. The van der Waals surface area contributed by atoms with E-state index in [0.29, 0.717) is 0 Å². The summed E-state index contributed by atoms with van der Waals surface area (Å²) in [4.78, 5) is 4.92. The van der Waals surface area contributed by atoms with Crippen molar-refractivity contribution in [2.45, 2.75) is 34.1 Å². The van der Waals surface area contributed by atoms with Crippen LogP contribution in [0.1, 0.15) is 50.1 Å². The molecule has 118 valence electrons. The first kappa shape index (κ1) is 15.5. The van der Waals surface area contributed by atoms with Gasteiger partial charge in [0.15, 0.2) is 0 Å². The molecule has 0 radical (unpaired) electrons. The van der Waals surface area contributed by atoms with Gasteiger partial charge < -0.3 is 5.32 Å². The first-order valence-corrected chi connectivity index (χ1v) is 8.30. The smallest absolute Gasteiger partial charge is 0.134 e. The molecular formula is C21H24N2. The first-order chi connectivity index (χ1) is 11.1. The molecule has 0 fully saturated rings. The van der Waals surface area contributed by atoms with Crippen LogP contribution in [0.5, 0.6) is 0 Å². The molecule has 2 heteroatoms. The molecule has 0 amide bonds. The number of pyridine rings is 1. The van der Waals surface area contributed by atoms with E-state index in [4.69, 9.17) is 4.98 Å². The summed E-state index contributed by atoms with van der Waals surface area (Å²) in [6.07, 6.45) is 3.21. The van der Waals surface area contributed by atoms with Gasteiger partial charge in [0.2, 0.25) is 0 Å². The molecule has 1 N–H and O–H groups in total. The maximum Gasteiger partial charge on any atom is 0.134 e. The van der Waals surface area contributed by atoms with E-state index in [-0.39, 0.29) is 0 Å². The van der Waals surface area contributed by atoms with Crippen LogP contribution in [0.25, 0.3) is 11.1 Å². The van der Waals surface area contributed by atoms with Crippen LogP contribution in [0.2, 0.25) is 0 Å². The quantitative estimate of drug-likeness (QED) is 0.827. The summed E-state index contributed by atoms with van der Waals surface area (Å²) in [6, 6.07) is 12.9. The molecule has 1 aromatic carbocycles. The second kappa shape index (κ2) is 6.41. The van der Waals surface area contributed by atoms with Gasteiger partial charge in [-0.25, -0.2) is 4.98 Å². The molecule has 3 rings (SSSR count). The molecule has 1 aromatic heterocycles. The van der Waals surface area contributed by atoms with Gasteiger partial charge in [-0.1, -0.05) is 42.0 Å². The molecule has 0 bridgehead atoms. The average Bonchev–Trinajstić information content (AvgIpc) is 2.89. The summed E-state index contributed by atoms with van der Waals surface area (Å²) < 4.78 is 0. The van der Waals surface area contributed by atoms with Gasteiger partial charge in [0.1, 0.15) is 5.82 Å². The van der Waals surface area contributed by atoms with Gasteiger partial charge in [0.25, 0.3) is 0 Å². The van der Waals surface area contributed by atoms with E-state index in [0.717, 1.165) is 18.8 Å². The fourth-order valence-corrected chi connectivity index (χ4v) is 3.22. The molecule has 0 unspecified atom stereocenters. The number of hydrogen-bond donors (Lipinski definition) is 1. The Morgan fingerprint density at radius 1 is 1.17 bits per heavy atom. The van der Waals surface area contributed by atoms with E-state index < -0.39 is 0 Å². The maximum atomic E-state index is 4.92. The van der Waals surface area contributed by atoms with E-state index in [9.17, 15) is 0 Å². The summed E-state index contributed by atoms with van der Waals surface area (Å²) in [5, 5.41) is 3.46. The third-order valence-electron chi connectivity index (χ3n) is 4.30. The molecule has 0 atom stereocenters. The molecule has 0 aliphatic heterocycles. The second-order valence-corrected chi connectivity index (χ2v) is 6.24. The third-order valence-corrected chi connectivity index (χ3v) is 4.30. The topological polar surface area (TPSA) is 24.9 Å². The summed E-state index contributed by atoms with van der Waals surface area (Å²) in [5.74, 6) is 0.995.